The zero-order valence-electron chi connectivity index (χ0n) is 11.7. The molecule has 5 heteroatoms. The van der Waals surface area contributed by atoms with Crippen LogP contribution in [0.15, 0.2) is 0 Å². The predicted octanol–water partition coefficient (Wildman–Crippen LogP) is 0.785. The lowest BCUT2D eigenvalue weighted by Crippen LogP contribution is -2.46. The van der Waals surface area contributed by atoms with Gasteiger partial charge in [-0.2, -0.15) is 0 Å². The lowest BCUT2D eigenvalue weighted by atomic mass is 10.1. The van der Waals surface area contributed by atoms with Crippen molar-refractivity contribution in [3.8, 4) is 0 Å². The molecule has 0 aliphatic carbocycles. The molecule has 0 aliphatic rings. The summed E-state index contributed by atoms with van der Waals surface area (Å²) in [6.45, 7) is 9.48. The molecular formula is C12H24N2O3. The fourth-order valence-electron chi connectivity index (χ4n) is 1.11. The number of hydrogen-bond acceptors (Lipinski definition) is 3. The Hall–Kier alpha value is -1.10. The average Bonchev–Trinajstić information content (AvgIpc) is 2.10. The Morgan fingerprint density at radius 3 is 2.24 bits per heavy atom. The van der Waals surface area contributed by atoms with Crippen LogP contribution in [0.25, 0.3) is 0 Å². The zero-order chi connectivity index (χ0) is 13.6. The largest absolute Gasteiger partial charge is 0.369 e. The van der Waals surface area contributed by atoms with E-state index < -0.39 is 0 Å². The van der Waals surface area contributed by atoms with Gasteiger partial charge in [-0.1, -0.05) is 0 Å². The third-order valence-electron chi connectivity index (χ3n) is 1.86. The van der Waals surface area contributed by atoms with Crippen molar-refractivity contribution < 1.29 is 14.3 Å². The van der Waals surface area contributed by atoms with Crippen molar-refractivity contribution in [1.29, 1.82) is 0 Å². The van der Waals surface area contributed by atoms with Gasteiger partial charge in [0, 0.05) is 12.6 Å². The van der Waals surface area contributed by atoms with Gasteiger partial charge in [0.25, 0.3) is 0 Å². The summed E-state index contributed by atoms with van der Waals surface area (Å²) in [5.41, 5.74) is -0.282. The summed E-state index contributed by atoms with van der Waals surface area (Å²) in [6, 6.07) is 0. The van der Waals surface area contributed by atoms with Crippen molar-refractivity contribution in [3.63, 3.8) is 0 Å². The zero-order valence-corrected chi connectivity index (χ0v) is 11.7. The van der Waals surface area contributed by atoms with Crippen LogP contribution in [0.2, 0.25) is 0 Å². The molecule has 0 atom stereocenters. The van der Waals surface area contributed by atoms with Crippen LogP contribution in [0.3, 0.4) is 0 Å². The number of likely N-dealkylation sites (N-methyl/N-ethyl adjacent to an activating group) is 1. The molecule has 0 saturated heterocycles. The van der Waals surface area contributed by atoms with Gasteiger partial charge in [-0.15, -0.1) is 0 Å². The van der Waals surface area contributed by atoms with E-state index in [-0.39, 0.29) is 36.6 Å². The molecule has 17 heavy (non-hydrogen) atoms. The number of carbonyl (C=O) groups excluding carboxylic acids is 2. The molecule has 0 aromatic carbocycles. The Bertz CT molecular complexity index is 269. The Labute approximate surface area is 103 Å². The highest BCUT2D eigenvalue weighted by atomic mass is 16.5. The Morgan fingerprint density at radius 1 is 1.29 bits per heavy atom. The minimum atomic E-state index is -0.282. The first-order chi connectivity index (χ1) is 7.61. The molecular weight excluding hydrogens is 220 g/mol. The Morgan fingerprint density at radius 2 is 1.82 bits per heavy atom. The van der Waals surface area contributed by atoms with Gasteiger partial charge in [0.05, 0.1) is 12.6 Å². The SMILES string of the molecule is CC(C)OCC(=O)N(C)CC(=O)NC(C)(C)C. The van der Waals surface area contributed by atoms with E-state index in [9.17, 15) is 9.59 Å². The minimum Gasteiger partial charge on any atom is -0.369 e. The first kappa shape index (κ1) is 15.9. The Balaban J connectivity index is 4.03. The quantitative estimate of drug-likeness (QED) is 0.777. The van der Waals surface area contributed by atoms with Crippen LogP contribution in [0.4, 0.5) is 0 Å². The number of amides is 2. The highest BCUT2D eigenvalue weighted by Gasteiger charge is 2.17. The van der Waals surface area contributed by atoms with Gasteiger partial charge in [-0.3, -0.25) is 9.59 Å². The lowest BCUT2D eigenvalue weighted by Gasteiger charge is -2.23. The van der Waals surface area contributed by atoms with Crippen molar-refractivity contribution in [2.75, 3.05) is 20.2 Å². The first-order valence-corrected chi connectivity index (χ1v) is 5.78. The maximum absolute atomic E-state index is 11.6. The topological polar surface area (TPSA) is 58.6 Å². The normalized spacial score (nSPS) is 11.5. The molecule has 1 N–H and O–H groups in total. The first-order valence-electron chi connectivity index (χ1n) is 5.78. The Kier molecular flexibility index (Phi) is 6.16. The molecule has 0 unspecified atom stereocenters. The fraction of sp³-hybridized carbons (Fsp3) is 0.833. The smallest absolute Gasteiger partial charge is 0.248 e. The summed E-state index contributed by atoms with van der Waals surface area (Å²) in [6.07, 6.45) is 0.00996. The molecule has 5 nitrogen and oxygen atoms in total. The van der Waals surface area contributed by atoms with E-state index in [0.717, 1.165) is 0 Å². The van der Waals surface area contributed by atoms with Gasteiger partial charge in [-0.25, -0.2) is 0 Å². The third-order valence-corrected chi connectivity index (χ3v) is 1.86. The van der Waals surface area contributed by atoms with Crippen LogP contribution < -0.4 is 5.32 Å². The second kappa shape index (κ2) is 6.59. The molecule has 100 valence electrons. The number of hydrogen-bond donors (Lipinski definition) is 1. The van der Waals surface area contributed by atoms with E-state index in [0.29, 0.717) is 0 Å². The van der Waals surface area contributed by atoms with E-state index in [1.54, 1.807) is 7.05 Å². The third kappa shape index (κ3) is 8.68. The number of ether oxygens (including phenoxy) is 1. The van der Waals surface area contributed by atoms with E-state index >= 15 is 0 Å². The number of rotatable bonds is 5. The molecule has 0 bridgehead atoms. The van der Waals surface area contributed by atoms with Crippen LogP contribution in [0.5, 0.6) is 0 Å². The van der Waals surface area contributed by atoms with E-state index in [1.807, 2.05) is 34.6 Å². The van der Waals surface area contributed by atoms with Crippen molar-refractivity contribution >= 4 is 11.8 Å². The monoisotopic (exact) mass is 244 g/mol. The summed E-state index contributed by atoms with van der Waals surface area (Å²) in [5.74, 6) is -0.361. The summed E-state index contributed by atoms with van der Waals surface area (Å²) in [4.78, 5) is 24.5. The lowest BCUT2D eigenvalue weighted by molar-refractivity contribution is -0.139. The molecule has 0 spiro atoms. The second-order valence-electron chi connectivity index (χ2n) is 5.41. The molecule has 0 aromatic rings. The van der Waals surface area contributed by atoms with Gasteiger partial charge in [0.15, 0.2) is 0 Å². The molecule has 0 radical (unpaired) electrons. The summed E-state index contributed by atoms with van der Waals surface area (Å²) >= 11 is 0. The van der Waals surface area contributed by atoms with Crippen molar-refractivity contribution in [3.05, 3.63) is 0 Å². The van der Waals surface area contributed by atoms with E-state index in [1.165, 1.54) is 4.90 Å². The van der Waals surface area contributed by atoms with Crippen molar-refractivity contribution in [2.45, 2.75) is 46.3 Å². The van der Waals surface area contributed by atoms with Crippen molar-refractivity contribution in [2.24, 2.45) is 0 Å². The molecule has 0 rings (SSSR count). The highest BCUT2D eigenvalue weighted by Crippen LogP contribution is 1.98. The summed E-state index contributed by atoms with van der Waals surface area (Å²) in [7, 11) is 1.59. The van der Waals surface area contributed by atoms with Crippen LogP contribution in [-0.2, 0) is 14.3 Å². The maximum Gasteiger partial charge on any atom is 0.248 e. The average molecular weight is 244 g/mol. The molecule has 0 aromatic heterocycles. The molecule has 0 fully saturated rings. The van der Waals surface area contributed by atoms with Gasteiger partial charge < -0.3 is 15.0 Å². The standard InChI is InChI=1S/C12H24N2O3/c1-9(2)17-8-11(16)14(6)7-10(15)13-12(3,4)5/h9H,7-8H2,1-6H3,(H,13,15). The van der Waals surface area contributed by atoms with Crippen LogP contribution in [0.1, 0.15) is 34.6 Å². The van der Waals surface area contributed by atoms with Gasteiger partial charge >= 0.3 is 0 Å². The highest BCUT2D eigenvalue weighted by molar-refractivity contribution is 5.85. The number of nitrogens with one attached hydrogen (secondary N) is 1. The van der Waals surface area contributed by atoms with Crippen LogP contribution in [-0.4, -0.2) is 48.6 Å². The van der Waals surface area contributed by atoms with E-state index in [4.69, 9.17) is 4.74 Å². The fourth-order valence-corrected chi connectivity index (χ4v) is 1.11. The number of nitrogens with zero attached hydrogens (tertiary/aromatic N) is 1. The van der Waals surface area contributed by atoms with Gasteiger partial charge in [0.1, 0.15) is 6.61 Å². The van der Waals surface area contributed by atoms with Gasteiger partial charge in [0.2, 0.25) is 11.8 Å². The van der Waals surface area contributed by atoms with E-state index in [2.05, 4.69) is 5.32 Å². The van der Waals surface area contributed by atoms with Crippen LogP contribution in [0, 0.1) is 0 Å². The molecule has 0 heterocycles. The summed E-state index contributed by atoms with van der Waals surface area (Å²) < 4.78 is 5.18. The predicted molar refractivity (Wildman–Crippen MR) is 66.6 cm³/mol. The molecule has 2 amide bonds. The van der Waals surface area contributed by atoms with Crippen LogP contribution >= 0.6 is 0 Å². The molecule has 0 saturated carbocycles. The van der Waals surface area contributed by atoms with Gasteiger partial charge in [-0.05, 0) is 34.6 Å². The molecule has 0 aliphatic heterocycles. The minimum absolute atomic E-state index is 0.00996. The maximum atomic E-state index is 11.6. The number of carbonyl (C=O) groups is 2. The second-order valence-corrected chi connectivity index (χ2v) is 5.41. The van der Waals surface area contributed by atoms with Crippen molar-refractivity contribution in [1.82, 2.24) is 10.2 Å². The summed E-state index contributed by atoms with van der Waals surface area (Å²) in [5, 5.41) is 2.80.